The summed E-state index contributed by atoms with van der Waals surface area (Å²) in [5, 5.41) is 0. The predicted octanol–water partition coefficient (Wildman–Crippen LogP) is 3.19. The average Bonchev–Trinajstić information content (AvgIpc) is 2.77. The molecule has 0 radical (unpaired) electrons. The van der Waals surface area contributed by atoms with E-state index < -0.39 is 21.8 Å². The second-order valence-electron chi connectivity index (χ2n) is 7.06. The molecule has 0 aliphatic carbocycles. The number of carbonyl (C=O) groups excluding carboxylic acids is 2. The number of sulfonamides is 1. The van der Waals surface area contributed by atoms with Gasteiger partial charge in [0.15, 0.2) is 0 Å². The number of benzene rings is 3. The van der Waals surface area contributed by atoms with E-state index in [4.69, 9.17) is 4.74 Å². The van der Waals surface area contributed by atoms with E-state index in [2.05, 4.69) is 15.6 Å². The number of nitrogens with one attached hydrogen (secondary N) is 3. The van der Waals surface area contributed by atoms with Crippen molar-refractivity contribution in [3.05, 3.63) is 89.0 Å². The number of methoxy groups -OCH3 is 1. The van der Waals surface area contributed by atoms with Gasteiger partial charge in [-0.3, -0.25) is 25.2 Å². The Bertz CT molecular complexity index is 1270. The maximum absolute atomic E-state index is 12.8. The zero-order valence-corrected chi connectivity index (χ0v) is 18.6. The molecular weight excluding hydrogens is 430 g/mol. The molecule has 0 atom stereocenters. The van der Waals surface area contributed by atoms with Crippen molar-refractivity contribution < 1.29 is 22.7 Å². The van der Waals surface area contributed by atoms with E-state index in [1.807, 2.05) is 13.0 Å². The topological polar surface area (TPSA) is 114 Å². The van der Waals surface area contributed by atoms with Crippen LogP contribution >= 0.6 is 0 Å². The maximum atomic E-state index is 12.8. The fourth-order valence-corrected chi connectivity index (χ4v) is 4.17. The lowest BCUT2D eigenvalue weighted by molar-refractivity contribution is 0.0846. The number of ether oxygens (including phenoxy) is 1. The standard InChI is InChI=1S/C23H23N3O5S/c1-15-11-12-19(16(2)13-15)23(28)25-24-22(27)17-7-6-8-18(14-17)32(29,30)26-20-9-4-5-10-21(20)31-3/h4-14,26H,1-3H3,(H,24,27)(H,25,28). The van der Waals surface area contributed by atoms with Crippen molar-refractivity contribution in [2.75, 3.05) is 11.8 Å². The zero-order valence-electron chi connectivity index (χ0n) is 17.8. The van der Waals surface area contributed by atoms with E-state index in [9.17, 15) is 18.0 Å². The molecule has 3 aromatic rings. The van der Waals surface area contributed by atoms with Crippen LogP contribution in [0.4, 0.5) is 5.69 Å². The molecule has 3 N–H and O–H groups in total. The first-order valence-electron chi connectivity index (χ1n) is 9.65. The molecule has 3 aromatic carbocycles. The van der Waals surface area contributed by atoms with Crippen molar-refractivity contribution in [1.29, 1.82) is 0 Å². The highest BCUT2D eigenvalue weighted by molar-refractivity contribution is 7.92. The zero-order chi connectivity index (χ0) is 23.3. The van der Waals surface area contributed by atoms with Crippen molar-refractivity contribution in [2.45, 2.75) is 18.7 Å². The third-order valence-electron chi connectivity index (χ3n) is 4.67. The first-order valence-corrected chi connectivity index (χ1v) is 11.1. The molecule has 9 heteroatoms. The maximum Gasteiger partial charge on any atom is 0.269 e. The summed E-state index contributed by atoms with van der Waals surface area (Å²) in [5.41, 5.74) is 7.21. The van der Waals surface area contributed by atoms with E-state index in [1.165, 1.54) is 31.4 Å². The van der Waals surface area contributed by atoms with Gasteiger partial charge in [-0.1, -0.05) is 35.9 Å². The molecular formula is C23H23N3O5S. The van der Waals surface area contributed by atoms with Crippen molar-refractivity contribution in [3.63, 3.8) is 0 Å². The lowest BCUT2D eigenvalue weighted by Crippen LogP contribution is -2.41. The van der Waals surface area contributed by atoms with Crippen molar-refractivity contribution in [1.82, 2.24) is 10.9 Å². The number of hydrazine groups is 1. The molecule has 0 heterocycles. The van der Waals surface area contributed by atoms with E-state index in [0.717, 1.165) is 11.1 Å². The predicted molar refractivity (Wildman–Crippen MR) is 121 cm³/mol. The molecule has 0 saturated heterocycles. The molecule has 0 unspecified atom stereocenters. The number of rotatable bonds is 6. The van der Waals surface area contributed by atoms with Gasteiger partial charge in [-0.05, 0) is 55.8 Å². The monoisotopic (exact) mass is 453 g/mol. The number of hydrogen-bond donors (Lipinski definition) is 3. The highest BCUT2D eigenvalue weighted by Gasteiger charge is 2.19. The number of anilines is 1. The first-order chi connectivity index (χ1) is 15.2. The third-order valence-corrected chi connectivity index (χ3v) is 6.04. The molecule has 0 fully saturated rings. The lowest BCUT2D eigenvalue weighted by atomic mass is 10.1. The highest BCUT2D eigenvalue weighted by atomic mass is 32.2. The fourth-order valence-electron chi connectivity index (χ4n) is 3.06. The molecule has 0 spiro atoms. The minimum atomic E-state index is -3.98. The number of carbonyl (C=O) groups is 2. The Hall–Kier alpha value is -3.85. The van der Waals surface area contributed by atoms with E-state index in [1.54, 1.807) is 43.3 Å². The number of aryl methyl sites for hydroxylation is 2. The fraction of sp³-hybridized carbons (Fsp3) is 0.130. The second-order valence-corrected chi connectivity index (χ2v) is 8.74. The SMILES string of the molecule is COc1ccccc1NS(=O)(=O)c1cccc(C(=O)NNC(=O)c2ccc(C)cc2C)c1. The van der Waals surface area contributed by atoms with Gasteiger partial charge in [0.2, 0.25) is 0 Å². The van der Waals surface area contributed by atoms with Gasteiger partial charge in [-0.2, -0.15) is 0 Å². The van der Waals surface area contributed by atoms with Gasteiger partial charge in [0.1, 0.15) is 5.75 Å². The lowest BCUT2D eigenvalue weighted by Gasteiger charge is -2.13. The van der Waals surface area contributed by atoms with E-state index in [0.29, 0.717) is 11.3 Å². The van der Waals surface area contributed by atoms with Crippen LogP contribution in [-0.4, -0.2) is 27.3 Å². The van der Waals surface area contributed by atoms with Crippen LogP contribution in [0.1, 0.15) is 31.8 Å². The van der Waals surface area contributed by atoms with Crippen LogP contribution < -0.4 is 20.3 Å². The summed E-state index contributed by atoms with van der Waals surface area (Å²) >= 11 is 0. The van der Waals surface area contributed by atoms with Crippen LogP contribution in [0.15, 0.2) is 71.6 Å². The smallest absolute Gasteiger partial charge is 0.269 e. The number of hydrogen-bond acceptors (Lipinski definition) is 5. The molecule has 166 valence electrons. The summed E-state index contributed by atoms with van der Waals surface area (Å²) in [4.78, 5) is 24.7. The third kappa shape index (κ3) is 5.25. The Morgan fingerprint density at radius 1 is 0.844 bits per heavy atom. The minimum absolute atomic E-state index is 0.0637. The largest absolute Gasteiger partial charge is 0.495 e. The van der Waals surface area contributed by atoms with Crippen LogP contribution in [0.2, 0.25) is 0 Å². The summed E-state index contributed by atoms with van der Waals surface area (Å²) in [6, 6.07) is 17.4. The number of para-hydroxylation sites is 2. The van der Waals surface area contributed by atoms with Gasteiger partial charge in [0, 0.05) is 11.1 Å². The van der Waals surface area contributed by atoms with Crippen molar-refractivity contribution >= 4 is 27.5 Å². The normalized spacial score (nSPS) is 10.8. The van der Waals surface area contributed by atoms with Crippen LogP contribution in [-0.2, 0) is 10.0 Å². The van der Waals surface area contributed by atoms with Crippen LogP contribution in [0.3, 0.4) is 0 Å². The molecule has 2 amide bonds. The molecule has 8 nitrogen and oxygen atoms in total. The molecule has 0 aliphatic rings. The molecule has 0 aliphatic heterocycles. The van der Waals surface area contributed by atoms with E-state index >= 15 is 0 Å². The minimum Gasteiger partial charge on any atom is -0.495 e. The Balaban J connectivity index is 1.73. The van der Waals surface area contributed by atoms with Gasteiger partial charge in [-0.25, -0.2) is 8.42 Å². The van der Waals surface area contributed by atoms with Crippen LogP contribution in [0.25, 0.3) is 0 Å². The van der Waals surface area contributed by atoms with Gasteiger partial charge >= 0.3 is 0 Å². The van der Waals surface area contributed by atoms with Crippen molar-refractivity contribution in [3.8, 4) is 5.75 Å². The Kier molecular flexibility index (Phi) is 6.79. The summed E-state index contributed by atoms with van der Waals surface area (Å²) < 4.78 is 33.2. The Morgan fingerprint density at radius 2 is 1.56 bits per heavy atom. The van der Waals surface area contributed by atoms with Gasteiger partial charge < -0.3 is 4.74 Å². The van der Waals surface area contributed by atoms with Gasteiger partial charge in [0.25, 0.3) is 21.8 Å². The van der Waals surface area contributed by atoms with Crippen LogP contribution in [0, 0.1) is 13.8 Å². The number of amides is 2. The van der Waals surface area contributed by atoms with Gasteiger partial charge in [-0.15, -0.1) is 0 Å². The molecule has 0 bridgehead atoms. The Morgan fingerprint density at radius 3 is 2.28 bits per heavy atom. The summed E-state index contributed by atoms with van der Waals surface area (Å²) in [6.07, 6.45) is 0. The van der Waals surface area contributed by atoms with E-state index in [-0.39, 0.29) is 16.1 Å². The van der Waals surface area contributed by atoms with Crippen molar-refractivity contribution in [2.24, 2.45) is 0 Å². The molecule has 3 rings (SSSR count). The molecule has 0 aromatic heterocycles. The quantitative estimate of drug-likeness (QED) is 0.496. The van der Waals surface area contributed by atoms with Crippen LogP contribution in [0.5, 0.6) is 5.75 Å². The summed E-state index contributed by atoms with van der Waals surface area (Å²) in [7, 11) is -2.55. The molecule has 0 saturated carbocycles. The average molecular weight is 454 g/mol. The Labute approximate surface area is 186 Å². The summed E-state index contributed by atoms with van der Waals surface area (Å²) in [5.74, 6) is -0.769. The highest BCUT2D eigenvalue weighted by Crippen LogP contribution is 2.26. The molecule has 32 heavy (non-hydrogen) atoms. The first kappa shape index (κ1) is 22.8. The second kappa shape index (κ2) is 9.52. The summed E-state index contributed by atoms with van der Waals surface area (Å²) in [6.45, 7) is 3.72. The van der Waals surface area contributed by atoms with Gasteiger partial charge in [0.05, 0.1) is 17.7 Å².